The molecule has 2 saturated carbocycles. The average Bonchev–Trinajstić information content (AvgIpc) is 3.46. The molecule has 214 valence electrons. The van der Waals surface area contributed by atoms with Crippen molar-refractivity contribution in [1.29, 1.82) is 0 Å². The molecular weight excluding hydrogens is 520 g/mol. The van der Waals surface area contributed by atoms with Crippen LogP contribution in [0.2, 0.25) is 0 Å². The Labute approximate surface area is 242 Å². The lowest BCUT2D eigenvalue weighted by molar-refractivity contribution is -0.124. The highest BCUT2D eigenvalue weighted by Crippen LogP contribution is 2.42. The van der Waals surface area contributed by atoms with Gasteiger partial charge in [0.15, 0.2) is 0 Å². The fraction of sp³-hybridized carbons (Fsp3) is 0.515. The number of carbonyl (C=O) groups excluding carboxylic acids is 1. The summed E-state index contributed by atoms with van der Waals surface area (Å²) < 4.78 is 10.8. The number of anilines is 1. The van der Waals surface area contributed by atoms with Crippen LogP contribution in [0, 0.1) is 24.7 Å². The van der Waals surface area contributed by atoms with Gasteiger partial charge in [-0.25, -0.2) is 4.98 Å². The van der Waals surface area contributed by atoms with Gasteiger partial charge in [0.2, 0.25) is 5.91 Å². The monoisotopic (exact) mass is 562 g/mol. The zero-order valence-corrected chi connectivity index (χ0v) is 25.0. The fourth-order valence-corrected chi connectivity index (χ4v) is 7.47. The molecule has 2 fully saturated rings. The Kier molecular flexibility index (Phi) is 9.11. The Hall–Kier alpha value is -2.90. The van der Waals surface area contributed by atoms with Crippen LogP contribution < -0.4 is 14.4 Å². The van der Waals surface area contributed by atoms with Gasteiger partial charge in [-0.1, -0.05) is 42.5 Å². The molecule has 3 unspecified atom stereocenters. The first-order valence-corrected chi connectivity index (χ1v) is 15.4. The van der Waals surface area contributed by atoms with Gasteiger partial charge in [0, 0.05) is 24.3 Å². The van der Waals surface area contributed by atoms with Crippen molar-refractivity contribution in [3.05, 3.63) is 59.8 Å². The quantitative estimate of drug-likeness (QED) is 0.313. The first-order valence-electron chi connectivity index (χ1n) is 14.6. The average molecular weight is 563 g/mol. The number of hydrogen-bond acceptors (Lipinski definition) is 6. The lowest BCUT2D eigenvalue weighted by Crippen LogP contribution is -2.42. The number of carbonyl (C=O) groups is 1. The van der Waals surface area contributed by atoms with Crippen LogP contribution >= 0.6 is 11.3 Å². The standard InChI is InChI=1S/C33H42N2O4S/c1-21-16-23(8-14-29(21)25-11-15-30(38-3)22(2)17-25)20-35(32(37)24-9-12-28(36)13-10-24)27-7-5-6-26(18-27)31-19-34-33(39-4)40-31/h5-7,11,15,17-19,21,23-24,28-29,36H,8-10,12-14,16,20H2,1-4H3/t21?,23?,24-,28-,29?. The number of aliphatic hydroxyl groups excluding tert-OH is 1. The van der Waals surface area contributed by atoms with E-state index in [1.807, 2.05) is 12.3 Å². The van der Waals surface area contributed by atoms with Crippen LogP contribution in [0.15, 0.2) is 48.7 Å². The molecule has 5 rings (SSSR count). The summed E-state index contributed by atoms with van der Waals surface area (Å²) in [6, 6.07) is 14.9. The van der Waals surface area contributed by atoms with Gasteiger partial charge < -0.3 is 19.5 Å². The van der Waals surface area contributed by atoms with E-state index in [0.717, 1.165) is 60.5 Å². The summed E-state index contributed by atoms with van der Waals surface area (Å²) in [5, 5.41) is 10.7. The van der Waals surface area contributed by atoms with E-state index in [4.69, 9.17) is 9.47 Å². The third kappa shape index (κ3) is 6.36. The van der Waals surface area contributed by atoms with Crippen LogP contribution in [0.5, 0.6) is 10.9 Å². The molecule has 3 atom stereocenters. The second kappa shape index (κ2) is 12.7. The molecule has 7 heteroatoms. The summed E-state index contributed by atoms with van der Waals surface area (Å²) in [5.41, 5.74) is 4.57. The van der Waals surface area contributed by atoms with Gasteiger partial charge in [-0.15, -0.1) is 0 Å². The van der Waals surface area contributed by atoms with Gasteiger partial charge in [0.25, 0.3) is 5.19 Å². The van der Waals surface area contributed by atoms with Gasteiger partial charge in [0.05, 0.1) is 25.2 Å². The molecule has 3 aromatic rings. The Morgan fingerprint density at radius 1 is 1.05 bits per heavy atom. The van der Waals surface area contributed by atoms with Gasteiger partial charge in [-0.3, -0.25) is 4.79 Å². The third-order valence-corrected chi connectivity index (χ3v) is 9.99. The van der Waals surface area contributed by atoms with Crippen molar-refractivity contribution >= 4 is 22.9 Å². The molecule has 2 aromatic carbocycles. The van der Waals surface area contributed by atoms with E-state index in [1.54, 1.807) is 14.2 Å². The first kappa shape index (κ1) is 28.6. The van der Waals surface area contributed by atoms with Crippen molar-refractivity contribution in [3.63, 3.8) is 0 Å². The zero-order chi connectivity index (χ0) is 28.2. The summed E-state index contributed by atoms with van der Waals surface area (Å²) in [5.74, 6) is 2.60. The molecule has 0 saturated heterocycles. The lowest BCUT2D eigenvalue weighted by Gasteiger charge is -2.38. The predicted octanol–water partition coefficient (Wildman–Crippen LogP) is 7.24. The molecule has 2 aliphatic rings. The minimum atomic E-state index is -0.278. The van der Waals surface area contributed by atoms with Gasteiger partial charge in [-0.2, -0.15) is 0 Å². The molecule has 0 aliphatic heterocycles. The molecule has 0 spiro atoms. The first-order chi connectivity index (χ1) is 19.4. The van der Waals surface area contributed by atoms with Crippen molar-refractivity contribution in [1.82, 2.24) is 4.98 Å². The zero-order valence-electron chi connectivity index (χ0n) is 24.1. The fourth-order valence-electron chi connectivity index (χ4n) is 6.74. The summed E-state index contributed by atoms with van der Waals surface area (Å²) in [4.78, 5) is 21.5. The second-order valence-electron chi connectivity index (χ2n) is 11.7. The number of hydrogen-bond donors (Lipinski definition) is 1. The van der Waals surface area contributed by atoms with Crippen molar-refractivity contribution in [2.75, 3.05) is 25.7 Å². The van der Waals surface area contributed by atoms with Crippen LogP contribution in [0.1, 0.15) is 68.9 Å². The SMILES string of the molecule is COc1ncc(-c2cccc(N(CC3CCC(c4ccc(OC)c(C)c4)C(C)C3)C(=O)[C@H]3CC[C@H](O)CC3)c2)s1. The summed E-state index contributed by atoms with van der Waals surface area (Å²) >= 11 is 1.51. The van der Waals surface area contributed by atoms with Gasteiger partial charge in [0.1, 0.15) is 5.75 Å². The number of methoxy groups -OCH3 is 2. The van der Waals surface area contributed by atoms with Crippen LogP contribution in [0.3, 0.4) is 0 Å². The normalized spacial score (nSPS) is 24.9. The maximum Gasteiger partial charge on any atom is 0.273 e. The molecule has 6 nitrogen and oxygen atoms in total. The van der Waals surface area contributed by atoms with Crippen molar-refractivity contribution in [2.45, 2.75) is 70.8 Å². The van der Waals surface area contributed by atoms with Gasteiger partial charge in [-0.05, 0) is 105 Å². The van der Waals surface area contributed by atoms with E-state index in [1.165, 1.54) is 22.5 Å². The van der Waals surface area contributed by atoms with Gasteiger partial charge >= 0.3 is 0 Å². The molecular formula is C33H42N2O4S. The second-order valence-corrected chi connectivity index (χ2v) is 12.7. The van der Waals surface area contributed by atoms with E-state index in [9.17, 15) is 9.90 Å². The Morgan fingerprint density at radius 2 is 1.85 bits per heavy atom. The molecule has 0 radical (unpaired) electrons. The maximum absolute atomic E-state index is 14.0. The molecule has 1 N–H and O–H groups in total. The summed E-state index contributed by atoms with van der Waals surface area (Å²) in [6.07, 6.45) is 7.78. The largest absolute Gasteiger partial charge is 0.496 e. The number of aryl methyl sites for hydroxylation is 1. The molecule has 1 amide bonds. The Morgan fingerprint density at radius 3 is 2.52 bits per heavy atom. The molecule has 2 aliphatic carbocycles. The topological polar surface area (TPSA) is 71.9 Å². The van der Waals surface area contributed by atoms with E-state index < -0.39 is 0 Å². The van der Waals surface area contributed by atoms with Crippen LogP contribution in [-0.4, -0.2) is 42.9 Å². The van der Waals surface area contributed by atoms with Crippen molar-refractivity contribution in [3.8, 4) is 21.4 Å². The van der Waals surface area contributed by atoms with E-state index in [0.29, 0.717) is 35.8 Å². The van der Waals surface area contributed by atoms with E-state index >= 15 is 0 Å². The molecule has 1 heterocycles. The maximum atomic E-state index is 14.0. The summed E-state index contributed by atoms with van der Waals surface area (Å²) in [6.45, 7) is 5.21. The number of rotatable bonds is 8. The Bertz CT molecular complexity index is 1300. The number of benzene rings is 2. The number of amides is 1. The van der Waals surface area contributed by atoms with E-state index in [2.05, 4.69) is 60.1 Å². The van der Waals surface area contributed by atoms with Crippen molar-refractivity contribution in [2.24, 2.45) is 17.8 Å². The number of nitrogens with zero attached hydrogens (tertiary/aromatic N) is 2. The smallest absolute Gasteiger partial charge is 0.273 e. The highest BCUT2D eigenvalue weighted by molar-refractivity contribution is 7.16. The highest BCUT2D eigenvalue weighted by Gasteiger charge is 2.34. The third-order valence-electron chi connectivity index (χ3n) is 8.98. The highest BCUT2D eigenvalue weighted by atomic mass is 32.1. The number of aliphatic hydroxyl groups is 1. The predicted molar refractivity (Wildman–Crippen MR) is 161 cm³/mol. The van der Waals surface area contributed by atoms with Crippen LogP contribution in [0.25, 0.3) is 10.4 Å². The molecule has 0 bridgehead atoms. The van der Waals surface area contributed by atoms with Crippen LogP contribution in [0.4, 0.5) is 5.69 Å². The number of ether oxygens (including phenoxy) is 2. The number of aromatic nitrogens is 1. The number of thiazole rings is 1. The Balaban J connectivity index is 1.36. The van der Waals surface area contributed by atoms with Crippen molar-refractivity contribution < 1.29 is 19.4 Å². The lowest BCUT2D eigenvalue weighted by atomic mass is 9.71. The minimum absolute atomic E-state index is 0.0356. The molecule has 40 heavy (non-hydrogen) atoms. The van der Waals surface area contributed by atoms with Crippen LogP contribution in [-0.2, 0) is 4.79 Å². The minimum Gasteiger partial charge on any atom is -0.496 e. The van der Waals surface area contributed by atoms with E-state index in [-0.39, 0.29) is 17.9 Å². The molecule has 1 aromatic heterocycles. The summed E-state index contributed by atoms with van der Waals surface area (Å²) in [7, 11) is 3.36.